The Kier molecular flexibility index (Phi) is 5.55. The number of halogens is 2. The summed E-state index contributed by atoms with van der Waals surface area (Å²) in [5.74, 6) is 0.988. The number of carbonyl (C=O) groups excluding carboxylic acids is 1. The number of ether oxygens (including phenoxy) is 3. The van der Waals surface area contributed by atoms with Gasteiger partial charge in [0.1, 0.15) is 17.4 Å². The minimum absolute atomic E-state index is 0.0289. The molecule has 174 valence electrons. The number of alkyl halides is 2. The lowest BCUT2D eigenvalue weighted by atomic mass is 10.0. The van der Waals surface area contributed by atoms with E-state index < -0.39 is 6.61 Å². The molecule has 1 amide bonds. The minimum atomic E-state index is -2.94. The summed E-state index contributed by atoms with van der Waals surface area (Å²) in [5.41, 5.74) is 3.28. The molecule has 2 atom stereocenters. The third kappa shape index (κ3) is 4.31. The van der Waals surface area contributed by atoms with E-state index in [-0.39, 0.29) is 29.4 Å². The lowest BCUT2D eigenvalue weighted by Gasteiger charge is -2.21. The molecule has 0 bridgehead atoms. The number of fused-ring (bicyclic) bond motifs is 1. The smallest absolute Gasteiger partial charge is 0.387 e. The van der Waals surface area contributed by atoms with Gasteiger partial charge in [0, 0.05) is 24.9 Å². The van der Waals surface area contributed by atoms with E-state index in [2.05, 4.69) is 19.6 Å². The Hall–Kier alpha value is -3.36. The van der Waals surface area contributed by atoms with Crippen LogP contribution >= 0.6 is 0 Å². The molecule has 1 saturated carbocycles. The number of benzene rings is 2. The standard InChI is InChI=1S/C24H25F2N3O4/c1-13(16-10-22(30)27-11-16)32-21-9-15(7-18-23(21)29(12-28-18)17-4-5-17)14-3-6-19(33-24(25)26)20(8-14)31-2/h3,6-9,12-13,16-17,24H,4-5,10-11H2,1-2H3,(H,27,30)/t13-,16?/m1/s1. The monoisotopic (exact) mass is 457 g/mol. The maximum atomic E-state index is 12.7. The molecule has 0 spiro atoms. The van der Waals surface area contributed by atoms with Crippen LogP contribution < -0.4 is 19.5 Å². The molecule has 3 aromatic rings. The molecule has 1 aromatic heterocycles. The van der Waals surface area contributed by atoms with Crippen LogP contribution in [-0.2, 0) is 4.79 Å². The van der Waals surface area contributed by atoms with Crippen molar-refractivity contribution in [3.8, 4) is 28.4 Å². The molecule has 1 N–H and O–H groups in total. The number of hydrogen-bond acceptors (Lipinski definition) is 5. The zero-order chi connectivity index (χ0) is 23.1. The average Bonchev–Trinajstić information content (AvgIpc) is 3.39. The molecule has 1 aliphatic heterocycles. The molecular weight excluding hydrogens is 432 g/mol. The number of carbonyl (C=O) groups is 1. The molecule has 2 fully saturated rings. The van der Waals surface area contributed by atoms with Gasteiger partial charge in [-0.05, 0) is 55.2 Å². The molecule has 1 aliphatic carbocycles. The van der Waals surface area contributed by atoms with E-state index in [4.69, 9.17) is 9.47 Å². The first-order valence-electron chi connectivity index (χ1n) is 11.0. The van der Waals surface area contributed by atoms with Crippen molar-refractivity contribution >= 4 is 16.9 Å². The van der Waals surface area contributed by atoms with E-state index >= 15 is 0 Å². The summed E-state index contributed by atoms with van der Waals surface area (Å²) >= 11 is 0. The van der Waals surface area contributed by atoms with Crippen molar-refractivity contribution in [2.45, 2.75) is 44.9 Å². The Morgan fingerprint density at radius 3 is 2.55 bits per heavy atom. The van der Waals surface area contributed by atoms with Gasteiger partial charge in [-0.25, -0.2) is 4.98 Å². The van der Waals surface area contributed by atoms with Crippen LogP contribution in [0.2, 0.25) is 0 Å². The molecule has 5 rings (SSSR count). The van der Waals surface area contributed by atoms with Crippen LogP contribution in [0.4, 0.5) is 8.78 Å². The Bertz CT molecular complexity index is 1190. The summed E-state index contributed by atoms with van der Waals surface area (Å²) in [6, 6.07) is 9.13. The highest BCUT2D eigenvalue weighted by molar-refractivity contribution is 5.88. The first-order chi connectivity index (χ1) is 15.9. The van der Waals surface area contributed by atoms with Crippen molar-refractivity contribution < 1.29 is 27.8 Å². The molecular formula is C24H25F2N3O4. The maximum absolute atomic E-state index is 12.7. The number of rotatable bonds is 8. The van der Waals surface area contributed by atoms with Crippen LogP contribution in [0.5, 0.6) is 17.2 Å². The second kappa shape index (κ2) is 8.53. The summed E-state index contributed by atoms with van der Waals surface area (Å²) in [6.07, 6.45) is 4.30. The zero-order valence-electron chi connectivity index (χ0n) is 18.4. The van der Waals surface area contributed by atoms with E-state index in [1.54, 1.807) is 12.1 Å². The molecule has 1 unspecified atom stereocenters. The summed E-state index contributed by atoms with van der Waals surface area (Å²) in [7, 11) is 1.41. The summed E-state index contributed by atoms with van der Waals surface area (Å²) in [4.78, 5) is 16.3. The summed E-state index contributed by atoms with van der Waals surface area (Å²) in [5, 5.41) is 2.86. The maximum Gasteiger partial charge on any atom is 0.387 e. The van der Waals surface area contributed by atoms with Crippen LogP contribution in [0, 0.1) is 5.92 Å². The number of methoxy groups -OCH3 is 1. The van der Waals surface area contributed by atoms with Crippen LogP contribution in [-0.4, -0.2) is 41.8 Å². The van der Waals surface area contributed by atoms with Crippen molar-refractivity contribution in [3.63, 3.8) is 0 Å². The van der Waals surface area contributed by atoms with Crippen molar-refractivity contribution in [2.24, 2.45) is 5.92 Å². The fourth-order valence-corrected chi connectivity index (χ4v) is 4.32. The summed E-state index contributed by atoms with van der Waals surface area (Å²) in [6.45, 7) is -0.375. The number of aromatic nitrogens is 2. The van der Waals surface area contributed by atoms with E-state index in [0.29, 0.717) is 24.8 Å². The van der Waals surface area contributed by atoms with Gasteiger partial charge in [-0.2, -0.15) is 8.78 Å². The number of nitrogens with zero attached hydrogens (tertiary/aromatic N) is 2. The molecule has 9 heteroatoms. The number of hydrogen-bond donors (Lipinski definition) is 1. The Balaban J connectivity index is 1.54. The van der Waals surface area contributed by atoms with Crippen molar-refractivity contribution in [3.05, 3.63) is 36.7 Å². The second-order valence-corrected chi connectivity index (χ2v) is 8.56. The van der Waals surface area contributed by atoms with E-state index in [1.807, 2.05) is 25.4 Å². The predicted octanol–water partition coefficient (Wildman–Crippen LogP) is 4.55. The number of imidazole rings is 1. The third-order valence-corrected chi connectivity index (χ3v) is 6.27. The second-order valence-electron chi connectivity index (χ2n) is 8.56. The van der Waals surface area contributed by atoms with Crippen LogP contribution in [0.1, 0.15) is 32.2 Å². The highest BCUT2D eigenvalue weighted by Crippen LogP contribution is 2.42. The SMILES string of the molecule is COc1cc(-c2cc(O[C@H](C)C3CNC(=O)C3)c3c(c2)ncn3C2CC2)ccc1OC(F)F. The normalized spacial score (nSPS) is 19.1. The quantitative estimate of drug-likeness (QED) is 0.537. The fraction of sp³-hybridized carbons (Fsp3) is 0.417. The highest BCUT2D eigenvalue weighted by Gasteiger charge is 2.30. The Morgan fingerprint density at radius 2 is 1.88 bits per heavy atom. The Labute approximate surface area is 189 Å². The minimum Gasteiger partial charge on any atom is -0.493 e. The molecule has 2 aliphatic rings. The third-order valence-electron chi connectivity index (χ3n) is 6.27. The van der Waals surface area contributed by atoms with Crippen molar-refractivity contribution in [1.29, 1.82) is 0 Å². The topological polar surface area (TPSA) is 74.6 Å². The van der Waals surface area contributed by atoms with E-state index in [9.17, 15) is 13.6 Å². The molecule has 1 saturated heterocycles. The Morgan fingerprint density at radius 1 is 1.09 bits per heavy atom. The molecule has 0 radical (unpaired) electrons. The lowest BCUT2D eigenvalue weighted by Crippen LogP contribution is -2.25. The van der Waals surface area contributed by atoms with Gasteiger partial charge in [-0.1, -0.05) is 6.07 Å². The van der Waals surface area contributed by atoms with Gasteiger partial charge < -0.3 is 24.1 Å². The highest BCUT2D eigenvalue weighted by atomic mass is 19.3. The lowest BCUT2D eigenvalue weighted by molar-refractivity contribution is -0.119. The largest absolute Gasteiger partial charge is 0.493 e. The van der Waals surface area contributed by atoms with Gasteiger partial charge in [0.05, 0.1) is 19.0 Å². The molecule has 33 heavy (non-hydrogen) atoms. The van der Waals surface area contributed by atoms with Crippen LogP contribution in [0.3, 0.4) is 0 Å². The van der Waals surface area contributed by atoms with Crippen LogP contribution in [0.25, 0.3) is 22.2 Å². The molecule has 2 heterocycles. The van der Waals surface area contributed by atoms with E-state index in [1.165, 1.54) is 13.2 Å². The van der Waals surface area contributed by atoms with Gasteiger partial charge in [0.25, 0.3) is 0 Å². The molecule has 2 aromatic carbocycles. The number of amides is 1. The van der Waals surface area contributed by atoms with Gasteiger partial charge in [-0.3, -0.25) is 4.79 Å². The number of nitrogens with one attached hydrogen (secondary N) is 1. The molecule has 7 nitrogen and oxygen atoms in total. The van der Waals surface area contributed by atoms with E-state index in [0.717, 1.165) is 35.0 Å². The fourth-order valence-electron chi connectivity index (χ4n) is 4.32. The van der Waals surface area contributed by atoms with Gasteiger partial charge in [0.15, 0.2) is 11.5 Å². The van der Waals surface area contributed by atoms with Crippen molar-refractivity contribution in [2.75, 3.05) is 13.7 Å². The van der Waals surface area contributed by atoms with Gasteiger partial charge >= 0.3 is 6.61 Å². The van der Waals surface area contributed by atoms with Crippen molar-refractivity contribution in [1.82, 2.24) is 14.9 Å². The summed E-state index contributed by atoms with van der Waals surface area (Å²) < 4.78 is 43.8. The van der Waals surface area contributed by atoms with Gasteiger partial charge in [-0.15, -0.1) is 0 Å². The van der Waals surface area contributed by atoms with Crippen LogP contribution in [0.15, 0.2) is 36.7 Å². The first-order valence-corrected chi connectivity index (χ1v) is 11.0. The zero-order valence-corrected chi connectivity index (χ0v) is 18.4. The van der Waals surface area contributed by atoms with Gasteiger partial charge in [0.2, 0.25) is 5.91 Å². The predicted molar refractivity (Wildman–Crippen MR) is 118 cm³/mol. The average molecular weight is 457 g/mol. The first kappa shape index (κ1) is 21.5.